The minimum Gasteiger partial charge on any atom is -0.469 e. The van der Waals surface area contributed by atoms with Crippen LogP contribution in [0.1, 0.15) is 44.9 Å². The molecule has 2 aliphatic rings. The predicted octanol–water partition coefficient (Wildman–Crippen LogP) is 1.63. The first-order valence-corrected chi connectivity index (χ1v) is 6.56. The van der Waals surface area contributed by atoms with Crippen molar-refractivity contribution in [3.8, 4) is 0 Å². The van der Waals surface area contributed by atoms with Crippen LogP contribution in [-0.2, 0) is 14.3 Å². The van der Waals surface area contributed by atoms with Gasteiger partial charge >= 0.3 is 5.97 Å². The monoisotopic (exact) mass is 239 g/mol. The highest BCUT2D eigenvalue weighted by Crippen LogP contribution is 2.32. The molecule has 0 saturated heterocycles. The third-order valence-corrected chi connectivity index (χ3v) is 3.80. The Labute approximate surface area is 102 Å². The van der Waals surface area contributed by atoms with Gasteiger partial charge in [0.15, 0.2) is 0 Å². The zero-order valence-corrected chi connectivity index (χ0v) is 10.4. The average molecular weight is 239 g/mol. The van der Waals surface area contributed by atoms with E-state index < -0.39 is 0 Å². The molecule has 2 rings (SSSR count). The Kier molecular flexibility index (Phi) is 4.02. The summed E-state index contributed by atoms with van der Waals surface area (Å²) in [5, 5.41) is 3.08. The van der Waals surface area contributed by atoms with E-state index in [9.17, 15) is 9.59 Å². The van der Waals surface area contributed by atoms with Gasteiger partial charge in [0.05, 0.1) is 13.0 Å². The summed E-state index contributed by atoms with van der Waals surface area (Å²) in [4.78, 5) is 23.0. The Morgan fingerprint density at radius 3 is 2.29 bits per heavy atom. The molecule has 1 amide bonds. The summed E-state index contributed by atoms with van der Waals surface area (Å²) in [5.41, 5.74) is 0. The van der Waals surface area contributed by atoms with E-state index in [-0.39, 0.29) is 23.8 Å². The van der Waals surface area contributed by atoms with Gasteiger partial charge in [-0.05, 0) is 44.4 Å². The molecule has 0 aromatic carbocycles. The zero-order valence-electron chi connectivity index (χ0n) is 10.4. The number of methoxy groups -OCH3 is 1. The maximum absolute atomic E-state index is 11.6. The van der Waals surface area contributed by atoms with Crippen LogP contribution < -0.4 is 5.32 Å². The standard InChI is InChI=1S/C13H21NO3/c1-17-13(16)10-4-6-11(7-5-10)14-12(15)8-9-2-3-9/h9-11H,2-8H2,1H3,(H,14,15). The van der Waals surface area contributed by atoms with E-state index in [2.05, 4.69) is 5.32 Å². The summed E-state index contributed by atoms with van der Waals surface area (Å²) < 4.78 is 4.74. The Morgan fingerprint density at radius 2 is 1.76 bits per heavy atom. The van der Waals surface area contributed by atoms with E-state index in [4.69, 9.17) is 4.74 Å². The summed E-state index contributed by atoms with van der Waals surface area (Å²) in [6.07, 6.45) is 6.58. The molecule has 2 aliphatic carbocycles. The molecule has 4 heteroatoms. The van der Waals surface area contributed by atoms with Crippen LogP contribution in [0.25, 0.3) is 0 Å². The van der Waals surface area contributed by atoms with Crippen molar-refractivity contribution in [1.29, 1.82) is 0 Å². The third kappa shape index (κ3) is 3.72. The Bertz CT molecular complexity index is 291. The minimum atomic E-state index is -0.104. The normalized spacial score (nSPS) is 28.5. The molecule has 0 aromatic rings. The number of amides is 1. The second-order valence-corrected chi connectivity index (χ2v) is 5.29. The number of carbonyl (C=O) groups excluding carboxylic acids is 2. The van der Waals surface area contributed by atoms with Crippen LogP contribution in [-0.4, -0.2) is 25.0 Å². The van der Waals surface area contributed by atoms with E-state index in [0.29, 0.717) is 12.3 Å². The molecule has 0 unspecified atom stereocenters. The van der Waals surface area contributed by atoms with Gasteiger partial charge in [-0.1, -0.05) is 0 Å². The maximum atomic E-state index is 11.6. The molecule has 2 saturated carbocycles. The molecule has 0 aromatic heterocycles. The van der Waals surface area contributed by atoms with Gasteiger partial charge in [-0.25, -0.2) is 0 Å². The van der Waals surface area contributed by atoms with Gasteiger partial charge in [0.25, 0.3) is 0 Å². The van der Waals surface area contributed by atoms with Crippen LogP contribution >= 0.6 is 0 Å². The molecule has 96 valence electrons. The first-order chi connectivity index (χ1) is 8.19. The van der Waals surface area contributed by atoms with Gasteiger partial charge in [0.2, 0.25) is 5.91 Å². The van der Waals surface area contributed by atoms with Gasteiger partial charge in [-0.15, -0.1) is 0 Å². The number of nitrogens with one attached hydrogen (secondary N) is 1. The SMILES string of the molecule is COC(=O)C1CCC(NC(=O)CC2CC2)CC1. The van der Waals surface area contributed by atoms with Crippen molar-refractivity contribution in [2.24, 2.45) is 11.8 Å². The van der Waals surface area contributed by atoms with Crippen LogP contribution in [0.4, 0.5) is 0 Å². The summed E-state index contributed by atoms with van der Waals surface area (Å²) in [6.45, 7) is 0. The smallest absolute Gasteiger partial charge is 0.308 e. The van der Waals surface area contributed by atoms with E-state index in [1.165, 1.54) is 20.0 Å². The van der Waals surface area contributed by atoms with Crippen molar-refractivity contribution in [3.63, 3.8) is 0 Å². The molecule has 0 radical (unpaired) electrons. The highest BCUT2D eigenvalue weighted by Gasteiger charge is 2.29. The summed E-state index contributed by atoms with van der Waals surface area (Å²) in [5.74, 6) is 0.764. The number of ether oxygens (including phenoxy) is 1. The lowest BCUT2D eigenvalue weighted by Gasteiger charge is -2.27. The van der Waals surface area contributed by atoms with E-state index in [1.807, 2.05) is 0 Å². The topological polar surface area (TPSA) is 55.4 Å². The van der Waals surface area contributed by atoms with Crippen molar-refractivity contribution in [3.05, 3.63) is 0 Å². The van der Waals surface area contributed by atoms with E-state index in [0.717, 1.165) is 25.7 Å². The van der Waals surface area contributed by atoms with E-state index in [1.54, 1.807) is 0 Å². The second-order valence-electron chi connectivity index (χ2n) is 5.29. The van der Waals surface area contributed by atoms with Crippen LogP contribution in [0.5, 0.6) is 0 Å². The minimum absolute atomic E-state index is 0.0385. The van der Waals surface area contributed by atoms with Crippen LogP contribution in [0, 0.1) is 11.8 Å². The molecule has 0 atom stereocenters. The largest absolute Gasteiger partial charge is 0.469 e. The highest BCUT2D eigenvalue weighted by atomic mass is 16.5. The molecule has 4 nitrogen and oxygen atoms in total. The molecule has 0 aliphatic heterocycles. The fourth-order valence-corrected chi connectivity index (χ4v) is 2.51. The lowest BCUT2D eigenvalue weighted by atomic mass is 9.86. The van der Waals surface area contributed by atoms with Crippen LogP contribution in [0.3, 0.4) is 0 Å². The Balaban J connectivity index is 1.67. The van der Waals surface area contributed by atoms with Gasteiger partial charge < -0.3 is 10.1 Å². The van der Waals surface area contributed by atoms with Crippen molar-refractivity contribution in [2.45, 2.75) is 51.0 Å². The van der Waals surface area contributed by atoms with Gasteiger partial charge in [-0.2, -0.15) is 0 Å². The van der Waals surface area contributed by atoms with Gasteiger partial charge in [-0.3, -0.25) is 9.59 Å². The summed E-state index contributed by atoms with van der Waals surface area (Å²) in [7, 11) is 1.44. The number of hydrogen-bond acceptors (Lipinski definition) is 3. The third-order valence-electron chi connectivity index (χ3n) is 3.80. The summed E-state index contributed by atoms with van der Waals surface area (Å²) in [6, 6.07) is 0.266. The van der Waals surface area contributed by atoms with Crippen molar-refractivity contribution in [1.82, 2.24) is 5.32 Å². The maximum Gasteiger partial charge on any atom is 0.308 e. The van der Waals surface area contributed by atoms with Crippen LogP contribution in [0.15, 0.2) is 0 Å². The lowest BCUT2D eigenvalue weighted by Crippen LogP contribution is -2.39. The van der Waals surface area contributed by atoms with Gasteiger partial charge in [0.1, 0.15) is 0 Å². The van der Waals surface area contributed by atoms with Crippen LogP contribution in [0.2, 0.25) is 0 Å². The predicted molar refractivity (Wildman–Crippen MR) is 63.2 cm³/mol. The number of carbonyl (C=O) groups is 2. The first-order valence-electron chi connectivity index (χ1n) is 6.56. The molecule has 17 heavy (non-hydrogen) atoms. The van der Waals surface area contributed by atoms with Crippen molar-refractivity contribution >= 4 is 11.9 Å². The first kappa shape index (κ1) is 12.4. The lowest BCUT2D eigenvalue weighted by molar-refractivity contribution is -0.146. The number of hydrogen-bond donors (Lipinski definition) is 1. The number of esters is 1. The quantitative estimate of drug-likeness (QED) is 0.759. The van der Waals surface area contributed by atoms with Crippen molar-refractivity contribution in [2.75, 3.05) is 7.11 Å². The molecular weight excluding hydrogens is 218 g/mol. The number of rotatable bonds is 4. The van der Waals surface area contributed by atoms with E-state index >= 15 is 0 Å². The fourth-order valence-electron chi connectivity index (χ4n) is 2.51. The Hall–Kier alpha value is -1.06. The second kappa shape index (κ2) is 5.52. The van der Waals surface area contributed by atoms with Crippen molar-refractivity contribution < 1.29 is 14.3 Å². The molecule has 1 N–H and O–H groups in total. The summed E-state index contributed by atoms with van der Waals surface area (Å²) >= 11 is 0. The Morgan fingerprint density at radius 1 is 1.12 bits per heavy atom. The fraction of sp³-hybridized carbons (Fsp3) is 0.846. The van der Waals surface area contributed by atoms with Gasteiger partial charge in [0, 0.05) is 12.5 Å². The molecular formula is C13H21NO3. The molecule has 0 bridgehead atoms. The highest BCUT2D eigenvalue weighted by molar-refractivity contribution is 5.77. The molecule has 0 spiro atoms. The average Bonchev–Trinajstić information content (AvgIpc) is 3.12. The molecule has 2 fully saturated rings. The molecule has 0 heterocycles. The zero-order chi connectivity index (χ0) is 12.3.